The molecule has 1 fully saturated rings. The fraction of sp³-hybridized carbons (Fsp3) is 0.565. The van der Waals surface area contributed by atoms with Crippen LogP contribution in [0.5, 0.6) is 5.75 Å². The molecule has 168 valence electrons. The van der Waals surface area contributed by atoms with Crippen molar-refractivity contribution in [2.75, 3.05) is 33.3 Å². The summed E-state index contributed by atoms with van der Waals surface area (Å²) < 4.78 is 10.4. The van der Waals surface area contributed by atoms with E-state index < -0.39 is 0 Å². The van der Waals surface area contributed by atoms with Crippen molar-refractivity contribution in [1.82, 2.24) is 19.9 Å². The number of aryl methyl sites for hydroxylation is 2. The Morgan fingerprint density at radius 1 is 1.00 bits per heavy atom. The second kappa shape index (κ2) is 10.9. The summed E-state index contributed by atoms with van der Waals surface area (Å²) in [5.74, 6) is 2.39. The van der Waals surface area contributed by atoms with Crippen LogP contribution in [0.15, 0.2) is 28.8 Å². The van der Waals surface area contributed by atoms with Gasteiger partial charge in [0.1, 0.15) is 5.75 Å². The van der Waals surface area contributed by atoms with E-state index in [1.165, 1.54) is 0 Å². The minimum absolute atomic E-state index is 0.0665. The summed E-state index contributed by atoms with van der Waals surface area (Å²) in [6.45, 7) is 6.50. The van der Waals surface area contributed by atoms with Crippen LogP contribution in [0.1, 0.15) is 56.3 Å². The summed E-state index contributed by atoms with van der Waals surface area (Å²) in [5, 5.41) is 3.94. The maximum Gasteiger partial charge on any atom is 0.227 e. The van der Waals surface area contributed by atoms with Gasteiger partial charge in [0.2, 0.25) is 17.7 Å². The van der Waals surface area contributed by atoms with E-state index in [-0.39, 0.29) is 17.7 Å². The predicted molar refractivity (Wildman–Crippen MR) is 116 cm³/mol. The molecule has 8 nitrogen and oxygen atoms in total. The molecule has 1 saturated heterocycles. The van der Waals surface area contributed by atoms with Crippen molar-refractivity contribution < 1.29 is 18.8 Å². The summed E-state index contributed by atoms with van der Waals surface area (Å²) in [6, 6.07) is 7.80. The van der Waals surface area contributed by atoms with Gasteiger partial charge in [0.25, 0.3) is 0 Å². The predicted octanol–water partition coefficient (Wildman–Crippen LogP) is 2.83. The Hall–Kier alpha value is -2.90. The molecule has 2 aromatic rings. The number of methoxy groups -OCH3 is 1. The van der Waals surface area contributed by atoms with Gasteiger partial charge in [0.15, 0.2) is 5.82 Å². The first kappa shape index (κ1) is 22.8. The summed E-state index contributed by atoms with van der Waals surface area (Å²) in [5.41, 5.74) is 1.11. The number of rotatable bonds is 8. The van der Waals surface area contributed by atoms with Crippen molar-refractivity contribution in [3.63, 3.8) is 0 Å². The molecule has 0 N–H and O–H groups in total. The van der Waals surface area contributed by atoms with E-state index in [4.69, 9.17) is 9.26 Å². The molecule has 8 heteroatoms. The Morgan fingerprint density at radius 3 is 2.16 bits per heavy atom. The summed E-state index contributed by atoms with van der Waals surface area (Å²) >= 11 is 0. The third kappa shape index (κ3) is 6.54. The average Bonchev–Trinajstić information content (AvgIpc) is 3.12. The van der Waals surface area contributed by atoms with Gasteiger partial charge >= 0.3 is 0 Å². The zero-order chi connectivity index (χ0) is 22.2. The Kier molecular flexibility index (Phi) is 8.03. The molecule has 1 aromatic carbocycles. The van der Waals surface area contributed by atoms with E-state index in [2.05, 4.69) is 10.1 Å². The molecule has 1 aromatic heterocycles. The molecule has 1 aliphatic heterocycles. The van der Waals surface area contributed by atoms with Gasteiger partial charge in [-0.3, -0.25) is 9.59 Å². The minimum atomic E-state index is 0.0665. The SMILES string of the molecule is COc1ccc(CCC(=O)N2CCCN(C(=O)CCc3nc(C(C)C)no3)CC2)cc1. The lowest BCUT2D eigenvalue weighted by atomic mass is 10.1. The highest BCUT2D eigenvalue weighted by atomic mass is 16.5. The third-order valence-electron chi connectivity index (χ3n) is 5.54. The Morgan fingerprint density at radius 2 is 1.61 bits per heavy atom. The molecule has 3 rings (SSSR count). The number of carbonyl (C=O) groups is 2. The lowest BCUT2D eigenvalue weighted by Gasteiger charge is -2.22. The molecule has 31 heavy (non-hydrogen) atoms. The number of benzene rings is 1. The second-order valence-electron chi connectivity index (χ2n) is 8.16. The van der Waals surface area contributed by atoms with Crippen molar-refractivity contribution in [3.8, 4) is 5.75 Å². The Bertz CT molecular complexity index is 863. The molecule has 0 atom stereocenters. The van der Waals surface area contributed by atoms with Gasteiger partial charge in [-0.25, -0.2) is 0 Å². The first-order valence-corrected chi connectivity index (χ1v) is 11.0. The number of amides is 2. The van der Waals surface area contributed by atoms with Gasteiger partial charge in [-0.05, 0) is 30.5 Å². The molecular weight excluding hydrogens is 396 g/mol. The lowest BCUT2D eigenvalue weighted by molar-refractivity contribution is -0.133. The number of carbonyl (C=O) groups excluding carboxylic acids is 2. The normalized spacial score (nSPS) is 14.6. The van der Waals surface area contributed by atoms with Crippen LogP contribution in [-0.4, -0.2) is 65.0 Å². The molecule has 0 aliphatic carbocycles. The van der Waals surface area contributed by atoms with Crippen LogP contribution < -0.4 is 4.74 Å². The Balaban J connectivity index is 1.42. The van der Waals surface area contributed by atoms with Crippen molar-refractivity contribution in [2.45, 2.75) is 51.9 Å². The van der Waals surface area contributed by atoms with Crippen molar-refractivity contribution in [2.24, 2.45) is 0 Å². The summed E-state index contributed by atoms with van der Waals surface area (Å²) in [4.78, 5) is 33.3. The quantitative estimate of drug-likeness (QED) is 0.642. The second-order valence-corrected chi connectivity index (χ2v) is 8.16. The van der Waals surface area contributed by atoms with Crippen molar-refractivity contribution >= 4 is 11.8 Å². The van der Waals surface area contributed by atoms with Crippen LogP contribution in [0.2, 0.25) is 0 Å². The molecule has 2 amide bonds. The van der Waals surface area contributed by atoms with Crippen LogP contribution >= 0.6 is 0 Å². The van der Waals surface area contributed by atoms with Gasteiger partial charge < -0.3 is 19.1 Å². The van der Waals surface area contributed by atoms with Gasteiger partial charge in [0, 0.05) is 51.4 Å². The van der Waals surface area contributed by atoms with Crippen LogP contribution in [0.25, 0.3) is 0 Å². The van der Waals surface area contributed by atoms with E-state index in [9.17, 15) is 9.59 Å². The van der Waals surface area contributed by atoms with Crippen molar-refractivity contribution in [3.05, 3.63) is 41.5 Å². The van der Waals surface area contributed by atoms with Crippen LogP contribution in [0.3, 0.4) is 0 Å². The standard InChI is InChI=1S/C23H32N4O4/c1-17(2)23-24-20(31-25-23)10-12-22(29)27-14-4-13-26(15-16-27)21(28)11-7-18-5-8-19(30-3)9-6-18/h5-6,8-9,17H,4,7,10-16H2,1-3H3. The number of hydrogen-bond acceptors (Lipinski definition) is 6. The molecule has 2 heterocycles. The first-order chi connectivity index (χ1) is 15.0. The van der Waals surface area contributed by atoms with Gasteiger partial charge in [-0.15, -0.1) is 0 Å². The smallest absolute Gasteiger partial charge is 0.227 e. The lowest BCUT2D eigenvalue weighted by Crippen LogP contribution is -2.37. The molecule has 0 bridgehead atoms. The highest BCUT2D eigenvalue weighted by Gasteiger charge is 2.22. The number of nitrogens with zero attached hydrogens (tertiary/aromatic N) is 4. The monoisotopic (exact) mass is 428 g/mol. The molecule has 0 spiro atoms. The van der Waals surface area contributed by atoms with Gasteiger partial charge in [-0.1, -0.05) is 31.1 Å². The van der Waals surface area contributed by atoms with E-state index in [0.717, 1.165) is 17.7 Å². The minimum Gasteiger partial charge on any atom is -0.497 e. The van der Waals surface area contributed by atoms with Crippen LogP contribution in [-0.2, 0) is 22.4 Å². The highest BCUT2D eigenvalue weighted by Crippen LogP contribution is 2.15. The maximum atomic E-state index is 12.7. The topological polar surface area (TPSA) is 88.8 Å². The van der Waals surface area contributed by atoms with E-state index in [1.54, 1.807) is 7.11 Å². The average molecular weight is 429 g/mol. The fourth-order valence-electron chi connectivity index (χ4n) is 3.59. The van der Waals surface area contributed by atoms with E-state index in [0.29, 0.717) is 63.6 Å². The summed E-state index contributed by atoms with van der Waals surface area (Å²) in [7, 11) is 1.64. The zero-order valence-corrected chi connectivity index (χ0v) is 18.7. The molecule has 0 saturated carbocycles. The molecular formula is C23H32N4O4. The zero-order valence-electron chi connectivity index (χ0n) is 18.7. The fourth-order valence-corrected chi connectivity index (χ4v) is 3.59. The van der Waals surface area contributed by atoms with E-state index in [1.807, 2.05) is 47.9 Å². The Labute approximate surface area is 183 Å². The van der Waals surface area contributed by atoms with E-state index >= 15 is 0 Å². The first-order valence-electron chi connectivity index (χ1n) is 11.0. The van der Waals surface area contributed by atoms with Crippen molar-refractivity contribution in [1.29, 1.82) is 0 Å². The number of hydrogen-bond donors (Lipinski definition) is 0. The highest BCUT2D eigenvalue weighted by molar-refractivity contribution is 5.78. The summed E-state index contributed by atoms with van der Waals surface area (Å²) in [6.07, 6.45) is 2.74. The van der Waals surface area contributed by atoms with Gasteiger partial charge in [-0.2, -0.15) is 4.98 Å². The molecule has 0 unspecified atom stereocenters. The number of aromatic nitrogens is 2. The molecule has 0 radical (unpaired) electrons. The van der Waals surface area contributed by atoms with Crippen LogP contribution in [0.4, 0.5) is 0 Å². The molecule has 1 aliphatic rings. The van der Waals surface area contributed by atoms with Gasteiger partial charge in [0.05, 0.1) is 7.11 Å². The largest absolute Gasteiger partial charge is 0.497 e. The maximum absolute atomic E-state index is 12.7. The number of ether oxygens (including phenoxy) is 1. The third-order valence-corrected chi connectivity index (χ3v) is 5.54. The van der Waals surface area contributed by atoms with Crippen LogP contribution in [0, 0.1) is 0 Å².